The second-order valence-electron chi connectivity index (χ2n) is 6.90. The number of halogens is 1. The van der Waals surface area contributed by atoms with Crippen LogP contribution in [0.25, 0.3) is 11.3 Å². The number of ether oxygens (including phenoxy) is 1. The van der Waals surface area contributed by atoms with Gasteiger partial charge < -0.3 is 4.74 Å². The largest absolute Gasteiger partial charge is 0.489 e. The Kier molecular flexibility index (Phi) is 7.84. The van der Waals surface area contributed by atoms with E-state index >= 15 is 0 Å². The van der Waals surface area contributed by atoms with Crippen molar-refractivity contribution in [3.8, 4) is 17.0 Å². The summed E-state index contributed by atoms with van der Waals surface area (Å²) in [4.78, 5) is 16.6. The Morgan fingerprint density at radius 1 is 1.06 bits per heavy atom. The van der Waals surface area contributed by atoms with E-state index < -0.39 is 0 Å². The minimum Gasteiger partial charge on any atom is -0.489 e. The summed E-state index contributed by atoms with van der Waals surface area (Å²) in [6.07, 6.45) is 1.56. The lowest BCUT2D eigenvalue weighted by Crippen LogP contribution is -2.19. The molecular formula is C25H20FN3O2S2. The van der Waals surface area contributed by atoms with Gasteiger partial charge in [-0.2, -0.15) is 5.10 Å². The first-order chi connectivity index (χ1) is 16.2. The Bertz CT molecular complexity index is 1230. The molecule has 1 N–H and O–H groups in total. The summed E-state index contributed by atoms with van der Waals surface area (Å²) in [6.45, 7) is 0.153. The van der Waals surface area contributed by atoms with E-state index in [9.17, 15) is 9.18 Å². The molecule has 8 heteroatoms. The lowest BCUT2D eigenvalue weighted by molar-refractivity contribution is -0.118. The molecule has 0 radical (unpaired) electrons. The van der Waals surface area contributed by atoms with E-state index in [1.54, 1.807) is 36.5 Å². The fourth-order valence-corrected chi connectivity index (χ4v) is 4.46. The third kappa shape index (κ3) is 6.74. The van der Waals surface area contributed by atoms with E-state index in [0.29, 0.717) is 11.3 Å². The number of carbonyl (C=O) groups is 1. The Morgan fingerprint density at radius 2 is 1.82 bits per heavy atom. The summed E-state index contributed by atoms with van der Waals surface area (Å²) < 4.78 is 20.1. The van der Waals surface area contributed by atoms with Crippen LogP contribution < -0.4 is 10.2 Å². The van der Waals surface area contributed by atoms with Gasteiger partial charge in [0.05, 0.1) is 17.7 Å². The van der Waals surface area contributed by atoms with Gasteiger partial charge in [-0.25, -0.2) is 14.8 Å². The Hall–Kier alpha value is -3.49. The molecule has 0 atom stereocenters. The molecule has 1 amide bonds. The molecule has 166 valence electrons. The second-order valence-corrected chi connectivity index (χ2v) is 8.98. The molecule has 0 fully saturated rings. The van der Waals surface area contributed by atoms with E-state index in [1.165, 1.54) is 29.2 Å². The normalized spacial score (nSPS) is 10.9. The second kappa shape index (κ2) is 11.4. The molecule has 33 heavy (non-hydrogen) atoms. The molecule has 0 bridgehead atoms. The fraction of sp³-hybridized carbons (Fsp3) is 0.0800. The number of hydrogen-bond donors (Lipinski definition) is 1. The highest BCUT2D eigenvalue weighted by atomic mass is 32.2. The van der Waals surface area contributed by atoms with Gasteiger partial charge in [-0.3, -0.25) is 4.79 Å². The predicted molar refractivity (Wildman–Crippen MR) is 131 cm³/mol. The van der Waals surface area contributed by atoms with Crippen LogP contribution in [0.4, 0.5) is 4.39 Å². The van der Waals surface area contributed by atoms with Crippen molar-refractivity contribution in [3.05, 3.63) is 101 Å². The molecular weight excluding hydrogens is 457 g/mol. The van der Waals surface area contributed by atoms with Gasteiger partial charge in [-0.1, -0.05) is 60.3 Å². The Morgan fingerprint density at radius 3 is 2.61 bits per heavy atom. The maximum atomic E-state index is 13.6. The maximum absolute atomic E-state index is 13.6. The average Bonchev–Trinajstić information content (AvgIpc) is 3.33. The molecule has 1 heterocycles. The molecule has 0 aliphatic carbocycles. The smallest absolute Gasteiger partial charge is 0.250 e. The number of amides is 1. The number of carbonyl (C=O) groups excluding carboxylic acids is 1. The van der Waals surface area contributed by atoms with Crippen LogP contribution in [0, 0.1) is 5.82 Å². The molecule has 0 unspecified atom stereocenters. The number of nitrogens with zero attached hydrogens (tertiary/aromatic N) is 2. The third-order valence-corrected chi connectivity index (χ3v) is 6.54. The van der Waals surface area contributed by atoms with Crippen molar-refractivity contribution in [1.82, 2.24) is 10.4 Å². The molecule has 1 aromatic heterocycles. The standard InChI is InChI=1S/C25H20FN3O2S2/c26-22-9-5-4-8-20(22)15-31-21-12-10-18(11-13-21)14-27-29-24(30)17-33-25-28-23(16-32-25)19-6-2-1-3-7-19/h1-14,16H,15,17H2,(H,29,30)/b27-14+. The molecule has 0 saturated carbocycles. The summed E-state index contributed by atoms with van der Waals surface area (Å²) in [5, 5.41) is 5.98. The van der Waals surface area contributed by atoms with Crippen molar-refractivity contribution in [2.24, 2.45) is 5.10 Å². The van der Waals surface area contributed by atoms with Crippen molar-refractivity contribution in [1.29, 1.82) is 0 Å². The first-order valence-electron chi connectivity index (χ1n) is 10.1. The molecule has 3 aromatic carbocycles. The van der Waals surface area contributed by atoms with Crippen LogP contribution in [0.15, 0.2) is 93.7 Å². The molecule has 4 rings (SSSR count). The van der Waals surface area contributed by atoms with Gasteiger partial charge in [0.1, 0.15) is 18.2 Å². The zero-order valence-corrected chi connectivity index (χ0v) is 19.1. The van der Waals surface area contributed by atoms with Gasteiger partial charge >= 0.3 is 0 Å². The number of benzene rings is 3. The summed E-state index contributed by atoms with van der Waals surface area (Å²) >= 11 is 2.89. The topological polar surface area (TPSA) is 63.6 Å². The number of hydrogen-bond acceptors (Lipinski definition) is 6. The minimum absolute atomic E-state index is 0.153. The maximum Gasteiger partial charge on any atom is 0.250 e. The van der Waals surface area contributed by atoms with Gasteiger partial charge in [0.15, 0.2) is 4.34 Å². The van der Waals surface area contributed by atoms with E-state index in [1.807, 2.05) is 47.8 Å². The SMILES string of the molecule is O=C(CSc1nc(-c2ccccc2)cs1)N/N=C/c1ccc(OCc2ccccc2F)cc1. The predicted octanol–water partition coefficient (Wildman–Crippen LogP) is 5.77. The Labute approximate surface area is 199 Å². The van der Waals surface area contributed by atoms with Gasteiger partial charge in [-0.05, 0) is 35.9 Å². The van der Waals surface area contributed by atoms with Crippen molar-refractivity contribution in [2.45, 2.75) is 10.9 Å². The lowest BCUT2D eigenvalue weighted by Gasteiger charge is -2.07. The highest BCUT2D eigenvalue weighted by Crippen LogP contribution is 2.27. The highest BCUT2D eigenvalue weighted by molar-refractivity contribution is 8.01. The van der Waals surface area contributed by atoms with Crippen LogP contribution in [0.5, 0.6) is 5.75 Å². The van der Waals surface area contributed by atoms with Crippen LogP contribution in [-0.4, -0.2) is 22.9 Å². The van der Waals surface area contributed by atoms with E-state index in [0.717, 1.165) is 21.2 Å². The summed E-state index contributed by atoms with van der Waals surface area (Å²) in [5.74, 6) is 0.343. The zero-order chi connectivity index (χ0) is 22.9. The van der Waals surface area contributed by atoms with Crippen molar-refractivity contribution < 1.29 is 13.9 Å². The van der Waals surface area contributed by atoms with E-state index in [2.05, 4.69) is 15.5 Å². The van der Waals surface area contributed by atoms with Crippen LogP contribution in [0.2, 0.25) is 0 Å². The van der Waals surface area contributed by atoms with Gasteiger partial charge in [0.2, 0.25) is 0 Å². The Balaban J connectivity index is 1.21. The van der Waals surface area contributed by atoms with Crippen LogP contribution in [-0.2, 0) is 11.4 Å². The third-order valence-electron chi connectivity index (χ3n) is 4.51. The van der Waals surface area contributed by atoms with Gasteiger partial charge in [-0.15, -0.1) is 11.3 Å². The molecule has 0 aliphatic rings. The molecule has 4 aromatic rings. The summed E-state index contributed by atoms with van der Waals surface area (Å²) in [7, 11) is 0. The molecule has 5 nitrogen and oxygen atoms in total. The molecule has 0 spiro atoms. The number of hydrazone groups is 1. The van der Waals surface area contributed by atoms with Crippen LogP contribution in [0.3, 0.4) is 0 Å². The van der Waals surface area contributed by atoms with Crippen molar-refractivity contribution >= 4 is 35.2 Å². The fourth-order valence-electron chi connectivity index (χ4n) is 2.83. The van der Waals surface area contributed by atoms with Gasteiger partial charge in [0.25, 0.3) is 5.91 Å². The van der Waals surface area contributed by atoms with Crippen molar-refractivity contribution in [3.63, 3.8) is 0 Å². The zero-order valence-electron chi connectivity index (χ0n) is 17.5. The quantitative estimate of drug-likeness (QED) is 0.189. The number of rotatable bonds is 9. The average molecular weight is 478 g/mol. The number of nitrogens with one attached hydrogen (secondary N) is 1. The first-order valence-corrected chi connectivity index (χ1v) is 12.0. The minimum atomic E-state index is -0.290. The molecule has 0 saturated heterocycles. The van der Waals surface area contributed by atoms with Crippen LogP contribution in [0.1, 0.15) is 11.1 Å². The van der Waals surface area contributed by atoms with Crippen LogP contribution >= 0.6 is 23.1 Å². The first kappa shape index (κ1) is 22.7. The lowest BCUT2D eigenvalue weighted by atomic mass is 10.2. The van der Waals surface area contributed by atoms with E-state index in [-0.39, 0.29) is 24.1 Å². The number of thioether (sulfide) groups is 1. The number of thiazole rings is 1. The van der Waals surface area contributed by atoms with E-state index in [4.69, 9.17) is 4.74 Å². The van der Waals surface area contributed by atoms with Crippen molar-refractivity contribution in [2.75, 3.05) is 5.75 Å². The molecule has 0 aliphatic heterocycles. The number of aromatic nitrogens is 1. The highest BCUT2D eigenvalue weighted by Gasteiger charge is 2.07. The van der Waals surface area contributed by atoms with Gasteiger partial charge in [0, 0.05) is 16.5 Å². The summed E-state index contributed by atoms with van der Waals surface area (Å²) in [5.41, 5.74) is 5.78. The monoisotopic (exact) mass is 477 g/mol. The summed E-state index contributed by atoms with van der Waals surface area (Å²) in [6, 6.07) is 23.6.